The number of rotatable bonds is 7. The number of amides is 2. The topological polar surface area (TPSA) is 70.7 Å². The molecule has 0 aliphatic heterocycles. The highest BCUT2D eigenvalue weighted by Gasteiger charge is 2.21. The van der Waals surface area contributed by atoms with Gasteiger partial charge in [0.2, 0.25) is 11.8 Å². The Kier molecular flexibility index (Phi) is 7.87. The van der Waals surface area contributed by atoms with Crippen LogP contribution < -0.4 is 15.4 Å². The number of hydrogen-bond acceptors (Lipinski definition) is 4. The van der Waals surface area contributed by atoms with Crippen LogP contribution >= 0.6 is 11.6 Å². The van der Waals surface area contributed by atoms with Crippen LogP contribution in [0.1, 0.15) is 33.3 Å². The number of nitrogens with zero attached hydrogens (tertiary/aromatic N) is 1. The monoisotopic (exact) mass is 431 g/mol. The van der Waals surface area contributed by atoms with Gasteiger partial charge in [0.15, 0.2) is 0 Å². The molecule has 0 aliphatic carbocycles. The molecule has 1 atom stereocenters. The Morgan fingerprint density at radius 2 is 1.73 bits per heavy atom. The summed E-state index contributed by atoms with van der Waals surface area (Å²) in [5, 5.41) is 6.17. The van der Waals surface area contributed by atoms with Crippen LogP contribution in [0.5, 0.6) is 5.75 Å². The average molecular weight is 432 g/mol. The van der Waals surface area contributed by atoms with Crippen molar-refractivity contribution in [3.05, 3.63) is 53.1 Å². The van der Waals surface area contributed by atoms with Crippen LogP contribution in [0.4, 0.5) is 11.4 Å². The third kappa shape index (κ3) is 6.47. The number of hydrogen-bond donors (Lipinski definition) is 2. The van der Waals surface area contributed by atoms with Crippen LogP contribution in [0.3, 0.4) is 0 Å². The zero-order valence-corrected chi connectivity index (χ0v) is 19.1. The summed E-state index contributed by atoms with van der Waals surface area (Å²) in [6, 6.07) is 12.3. The fraction of sp³-hybridized carbons (Fsp3) is 0.391. The van der Waals surface area contributed by atoms with Crippen molar-refractivity contribution in [2.24, 2.45) is 0 Å². The average Bonchev–Trinajstić information content (AvgIpc) is 2.67. The number of likely N-dealkylation sites (N-methyl/N-ethyl adjacent to an activating group) is 1. The van der Waals surface area contributed by atoms with E-state index in [4.69, 9.17) is 16.3 Å². The molecule has 2 rings (SSSR count). The van der Waals surface area contributed by atoms with Crippen LogP contribution in [-0.2, 0) is 15.0 Å². The van der Waals surface area contributed by atoms with Crippen LogP contribution in [0, 0.1) is 0 Å². The summed E-state index contributed by atoms with van der Waals surface area (Å²) >= 11 is 6.00. The second-order valence-electron chi connectivity index (χ2n) is 8.30. The summed E-state index contributed by atoms with van der Waals surface area (Å²) in [7, 11) is 3.24. The lowest BCUT2D eigenvalue weighted by atomic mass is 9.87. The summed E-state index contributed by atoms with van der Waals surface area (Å²) in [6.45, 7) is 8.21. The second kappa shape index (κ2) is 9.96. The molecule has 2 amide bonds. The number of carbonyl (C=O) groups excluding carboxylic acids is 2. The molecule has 7 heteroatoms. The molecular weight excluding hydrogens is 402 g/mol. The first-order chi connectivity index (χ1) is 14.0. The Balaban J connectivity index is 1.94. The molecular formula is C23H30ClN3O3. The van der Waals surface area contributed by atoms with Crippen molar-refractivity contribution in [3.63, 3.8) is 0 Å². The molecule has 0 heterocycles. The van der Waals surface area contributed by atoms with Crippen molar-refractivity contribution in [1.29, 1.82) is 0 Å². The standard InChI is InChI=1S/C23H30ClN3O3/c1-15(22(29)25-18-10-7-16(8-11-18)23(2,3)4)27(5)14-21(28)26-19-13-17(24)9-12-20(19)30-6/h7-13,15H,14H2,1-6H3,(H,25,29)(H,26,28). The van der Waals surface area contributed by atoms with E-state index >= 15 is 0 Å². The number of benzene rings is 2. The number of methoxy groups -OCH3 is 1. The molecule has 2 aromatic rings. The second-order valence-corrected chi connectivity index (χ2v) is 8.74. The quantitative estimate of drug-likeness (QED) is 0.675. The Morgan fingerprint density at radius 3 is 2.30 bits per heavy atom. The van der Waals surface area contributed by atoms with Gasteiger partial charge >= 0.3 is 0 Å². The third-order valence-corrected chi connectivity index (χ3v) is 5.12. The number of anilines is 2. The van der Waals surface area contributed by atoms with Crippen LogP contribution in [-0.4, -0.2) is 43.5 Å². The molecule has 1 unspecified atom stereocenters. The zero-order chi connectivity index (χ0) is 22.5. The smallest absolute Gasteiger partial charge is 0.241 e. The van der Waals surface area contributed by atoms with E-state index in [2.05, 4.69) is 31.4 Å². The number of halogens is 1. The minimum Gasteiger partial charge on any atom is -0.495 e. The molecule has 0 fully saturated rings. The first kappa shape index (κ1) is 23.7. The normalized spacial score (nSPS) is 12.4. The van der Waals surface area contributed by atoms with Gasteiger partial charge in [0.1, 0.15) is 5.75 Å². The van der Waals surface area contributed by atoms with E-state index in [0.717, 1.165) is 5.69 Å². The van der Waals surface area contributed by atoms with E-state index in [1.807, 2.05) is 24.3 Å². The highest BCUT2D eigenvalue weighted by Crippen LogP contribution is 2.27. The van der Waals surface area contributed by atoms with Gasteiger partial charge in [0, 0.05) is 10.7 Å². The maximum atomic E-state index is 12.6. The number of carbonyl (C=O) groups is 2. The highest BCUT2D eigenvalue weighted by molar-refractivity contribution is 6.31. The Bertz CT molecular complexity index is 892. The van der Waals surface area contributed by atoms with E-state index < -0.39 is 6.04 Å². The van der Waals surface area contributed by atoms with Crippen molar-refractivity contribution in [1.82, 2.24) is 4.90 Å². The van der Waals surface area contributed by atoms with Crippen molar-refractivity contribution in [2.75, 3.05) is 31.3 Å². The molecule has 0 aliphatic rings. The van der Waals surface area contributed by atoms with Crippen LogP contribution in [0.25, 0.3) is 0 Å². The van der Waals surface area contributed by atoms with Gasteiger partial charge in [-0.2, -0.15) is 0 Å². The summed E-state index contributed by atoms with van der Waals surface area (Å²) in [5.41, 5.74) is 2.45. The molecule has 2 N–H and O–H groups in total. The van der Waals surface area contributed by atoms with Crippen molar-refractivity contribution in [3.8, 4) is 5.75 Å². The first-order valence-corrected chi connectivity index (χ1v) is 10.1. The summed E-state index contributed by atoms with van der Waals surface area (Å²) in [6.07, 6.45) is 0. The lowest BCUT2D eigenvalue weighted by Crippen LogP contribution is -2.43. The largest absolute Gasteiger partial charge is 0.495 e. The molecule has 0 spiro atoms. The van der Waals surface area contributed by atoms with Crippen molar-refractivity contribution in [2.45, 2.75) is 39.2 Å². The summed E-state index contributed by atoms with van der Waals surface area (Å²) in [5.74, 6) is 0.0567. The molecule has 0 saturated carbocycles. The fourth-order valence-electron chi connectivity index (χ4n) is 2.83. The van der Waals surface area contributed by atoms with Gasteiger partial charge in [-0.15, -0.1) is 0 Å². The molecule has 0 aromatic heterocycles. The van der Waals surface area contributed by atoms with Gasteiger partial charge in [-0.25, -0.2) is 0 Å². The van der Waals surface area contributed by atoms with Crippen molar-refractivity contribution < 1.29 is 14.3 Å². The number of nitrogens with one attached hydrogen (secondary N) is 2. The Labute approximate surface area is 183 Å². The van der Waals surface area contributed by atoms with E-state index in [1.54, 1.807) is 37.1 Å². The van der Waals surface area contributed by atoms with E-state index in [-0.39, 0.29) is 23.8 Å². The first-order valence-electron chi connectivity index (χ1n) is 9.76. The molecule has 0 bridgehead atoms. The van der Waals surface area contributed by atoms with E-state index in [9.17, 15) is 9.59 Å². The molecule has 162 valence electrons. The predicted molar refractivity (Wildman–Crippen MR) is 122 cm³/mol. The SMILES string of the molecule is COc1ccc(Cl)cc1NC(=O)CN(C)C(C)C(=O)Nc1ccc(C(C)(C)C)cc1. The van der Waals surface area contributed by atoms with Gasteiger partial charge < -0.3 is 15.4 Å². The lowest BCUT2D eigenvalue weighted by Gasteiger charge is -2.24. The fourth-order valence-corrected chi connectivity index (χ4v) is 3.00. The van der Waals surface area contributed by atoms with Gasteiger partial charge in [0.05, 0.1) is 25.4 Å². The minimum absolute atomic E-state index is 0.0349. The van der Waals surface area contributed by atoms with Gasteiger partial charge in [-0.1, -0.05) is 44.5 Å². The zero-order valence-electron chi connectivity index (χ0n) is 18.4. The van der Waals surface area contributed by atoms with Gasteiger partial charge in [-0.05, 0) is 55.3 Å². The van der Waals surface area contributed by atoms with Crippen molar-refractivity contribution >= 4 is 34.8 Å². The molecule has 2 aromatic carbocycles. The Morgan fingerprint density at radius 1 is 1.10 bits per heavy atom. The molecule has 30 heavy (non-hydrogen) atoms. The maximum absolute atomic E-state index is 12.6. The summed E-state index contributed by atoms with van der Waals surface area (Å²) in [4.78, 5) is 26.7. The molecule has 6 nitrogen and oxygen atoms in total. The Hall–Kier alpha value is -2.57. The maximum Gasteiger partial charge on any atom is 0.241 e. The predicted octanol–water partition coefficient (Wildman–Crippen LogP) is 4.54. The number of ether oxygens (including phenoxy) is 1. The van der Waals surface area contributed by atoms with E-state index in [0.29, 0.717) is 16.5 Å². The lowest BCUT2D eigenvalue weighted by molar-refractivity contribution is -0.122. The van der Waals surface area contributed by atoms with Crippen LogP contribution in [0.15, 0.2) is 42.5 Å². The third-order valence-electron chi connectivity index (χ3n) is 4.89. The highest BCUT2D eigenvalue weighted by atomic mass is 35.5. The summed E-state index contributed by atoms with van der Waals surface area (Å²) < 4.78 is 5.24. The minimum atomic E-state index is -0.501. The van der Waals surface area contributed by atoms with Gasteiger partial charge in [0.25, 0.3) is 0 Å². The van der Waals surface area contributed by atoms with Crippen LogP contribution in [0.2, 0.25) is 5.02 Å². The van der Waals surface area contributed by atoms with Gasteiger partial charge in [-0.3, -0.25) is 14.5 Å². The van der Waals surface area contributed by atoms with E-state index in [1.165, 1.54) is 12.7 Å². The molecule has 0 radical (unpaired) electrons. The molecule has 0 saturated heterocycles.